The van der Waals surface area contributed by atoms with E-state index in [-0.39, 0.29) is 11.9 Å². The van der Waals surface area contributed by atoms with Gasteiger partial charge in [-0.05, 0) is 43.7 Å². The van der Waals surface area contributed by atoms with Crippen molar-refractivity contribution in [1.29, 1.82) is 0 Å². The molecule has 0 bridgehead atoms. The fourth-order valence-electron chi connectivity index (χ4n) is 4.28. The number of likely N-dealkylation sites (tertiary alicyclic amines) is 1. The van der Waals surface area contributed by atoms with Crippen LogP contribution in [0.5, 0.6) is 0 Å². The van der Waals surface area contributed by atoms with Crippen LogP contribution < -0.4 is 5.32 Å². The van der Waals surface area contributed by atoms with Gasteiger partial charge >= 0.3 is 0 Å². The molecule has 2 N–H and O–H groups in total. The maximum absolute atomic E-state index is 12.3. The first kappa shape index (κ1) is 18.4. The van der Waals surface area contributed by atoms with Crippen molar-refractivity contribution in [3.63, 3.8) is 0 Å². The number of benzene rings is 1. The first-order chi connectivity index (χ1) is 12.0. The molecule has 0 atom stereocenters. The van der Waals surface area contributed by atoms with Crippen LogP contribution in [0.2, 0.25) is 0 Å². The van der Waals surface area contributed by atoms with Crippen molar-refractivity contribution in [2.75, 3.05) is 19.6 Å². The van der Waals surface area contributed by atoms with Crippen LogP contribution in [0.25, 0.3) is 0 Å². The lowest BCUT2D eigenvalue weighted by atomic mass is 9.84. The summed E-state index contributed by atoms with van der Waals surface area (Å²) in [4.78, 5) is 14.7. The Morgan fingerprint density at radius 3 is 2.56 bits per heavy atom. The second-order valence-corrected chi connectivity index (χ2v) is 8.01. The molecule has 0 spiro atoms. The number of aryl methyl sites for hydroxylation is 1. The van der Waals surface area contributed by atoms with Crippen molar-refractivity contribution in [3.8, 4) is 0 Å². The van der Waals surface area contributed by atoms with Gasteiger partial charge in [0.25, 0.3) is 0 Å². The first-order valence-electron chi connectivity index (χ1n) is 9.83. The normalized spacial score (nSPS) is 21.8. The summed E-state index contributed by atoms with van der Waals surface area (Å²) in [6, 6.07) is 8.35. The molecule has 1 aromatic carbocycles. The fraction of sp³-hybridized carbons (Fsp3) is 0.667. The fourth-order valence-corrected chi connectivity index (χ4v) is 4.28. The van der Waals surface area contributed by atoms with E-state index < -0.39 is 5.60 Å². The molecule has 3 rings (SSSR count). The number of β-amino-alcohol motifs (C(OH)–C–C–N with tert-alkyl or cyclic N) is 1. The standard InChI is InChI=1S/C21H32N2O2/c1-17-7-3-4-8-18(17)15-20(24)22-19-9-13-23(14-10-19)16-21(25)11-5-2-6-12-21/h3-4,7-8,19,25H,2,5-6,9-16H2,1H3,(H,22,24). The van der Waals surface area contributed by atoms with E-state index in [4.69, 9.17) is 0 Å². The molecule has 4 heteroatoms. The molecule has 25 heavy (non-hydrogen) atoms. The van der Waals surface area contributed by atoms with E-state index in [0.29, 0.717) is 6.42 Å². The Balaban J connectivity index is 1.41. The van der Waals surface area contributed by atoms with Crippen LogP contribution in [-0.4, -0.2) is 47.2 Å². The van der Waals surface area contributed by atoms with Crippen molar-refractivity contribution >= 4 is 5.91 Å². The largest absolute Gasteiger partial charge is 0.389 e. The van der Waals surface area contributed by atoms with E-state index in [1.807, 2.05) is 18.2 Å². The van der Waals surface area contributed by atoms with Crippen LogP contribution in [0.1, 0.15) is 56.1 Å². The van der Waals surface area contributed by atoms with Crippen LogP contribution in [0.15, 0.2) is 24.3 Å². The highest BCUT2D eigenvalue weighted by Crippen LogP contribution is 2.29. The topological polar surface area (TPSA) is 52.6 Å². The summed E-state index contributed by atoms with van der Waals surface area (Å²) in [5, 5.41) is 13.9. The molecule has 138 valence electrons. The second-order valence-electron chi connectivity index (χ2n) is 8.01. The summed E-state index contributed by atoms with van der Waals surface area (Å²) in [5.74, 6) is 0.124. The Hall–Kier alpha value is -1.39. The number of nitrogens with one attached hydrogen (secondary N) is 1. The maximum Gasteiger partial charge on any atom is 0.224 e. The van der Waals surface area contributed by atoms with Gasteiger partial charge in [-0.15, -0.1) is 0 Å². The molecule has 0 aromatic heterocycles. The number of carbonyl (C=O) groups is 1. The lowest BCUT2D eigenvalue weighted by molar-refractivity contribution is -0.121. The first-order valence-corrected chi connectivity index (χ1v) is 9.83. The van der Waals surface area contributed by atoms with Crippen LogP contribution >= 0.6 is 0 Å². The van der Waals surface area contributed by atoms with Gasteiger partial charge in [0.1, 0.15) is 0 Å². The molecular weight excluding hydrogens is 312 g/mol. The molecule has 1 aliphatic heterocycles. The molecule has 2 aliphatic rings. The zero-order valence-electron chi connectivity index (χ0n) is 15.5. The molecule has 1 aliphatic carbocycles. The van der Waals surface area contributed by atoms with E-state index in [0.717, 1.165) is 63.7 Å². The van der Waals surface area contributed by atoms with Gasteiger partial charge < -0.3 is 15.3 Å². The summed E-state index contributed by atoms with van der Waals surface area (Å²) in [7, 11) is 0. The van der Waals surface area contributed by atoms with Crippen LogP contribution in [0.4, 0.5) is 0 Å². The Morgan fingerprint density at radius 1 is 1.20 bits per heavy atom. The average Bonchev–Trinajstić information content (AvgIpc) is 2.59. The maximum atomic E-state index is 12.3. The third-order valence-electron chi connectivity index (χ3n) is 5.87. The molecule has 2 fully saturated rings. The SMILES string of the molecule is Cc1ccccc1CC(=O)NC1CCN(CC2(O)CCCCC2)CC1. The van der Waals surface area contributed by atoms with Gasteiger partial charge in [0.2, 0.25) is 5.91 Å². The number of hydrogen-bond acceptors (Lipinski definition) is 3. The summed E-state index contributed by atoms with van der Waals surface area (Å²) < 4.78 is 0. The molecule has 4 nitrogen and oxygen atoms in total. The molecule has 0 unspecified atom stereocenters. The zero-order valence-corrected chi connectivity index (χ0v) is 15.5. The number of hydrogen-bond donors (Lipinski definition) is 2. The molecular formula is C21H32N2O2. The quantitative estimate of drug-likeness (QED) is 0.864. The third-order valence-corrected chi connectivity index (χ3v) is 5.87. The number of amides is 1. The van der Waals surface area contributed by atoms with Crippen molar-refractivity contribution in [2.24, 2.45) is 0 Å². The van der Waals surface area contributed by atoms with Gasteiger partial charge in [-0.25, -0.2) is 0 Å². The van der Waals surface area contributed by atoms with Gasteiger partial charge in [-0.1, -0.05) is 43.5 Å². The second kappa shape index (κ2) is 8.33. The number of aliphatic hydroxyl groups is 1. The monoisotopic (exact) mass is 344 g/mol. The molecule has 1 aromatic rings. The van der Waals surface area contributed by atoms with Crippen LogP contribution in [0, 0.1) is 6.92 Å². The van der Waals surface area contributed by atoms with Crippen molar-refractivity contribution in [1.82, 2.24) is 10.2 Å². The number of rotatable bonds is 5. The van der Waals surface area contributed by atoms with Gasteiger partial charge in [-0.3, -0.25) is 4.79 Å². The molecule has 0 radical (unpaired) electrons. The smallest absolute Gasteiger partial charge is 0.224 e. The highest BCUT2D eigenvalue weighted by Gasteiger charge is 2.32. The molecule has 1 heterocycles. The number of nitrogens with zero attached hydrogens (tertiary/aromatic N) is 1. The van der Waals surface area contributed by atoms with E-state index in [1.165, 1.54) is 12.0 Å². The highest BCUT2D eigenvalue weighted by atomic mass is 16.3. The van der Waals surface area contributed by atoms with Crippen molar-refractivity contribution < 1.29 is 9.90 Å². The minimum absolute atomic E-state index is 0.124. The molecule has 1 saturated carbocycles. The Bertz CT molecular complexity index is 573. The van der Waals surface area contributed by atoms with E-state index in [9.17, 15) is 9.90 Å². The predicted octanol–water partition coefficient (Wildman–Crippen LogP) is 2.81. The number of carbonyl (C=O) groups excluding carboxylic acids is 1. The van der Waals surface area contributed by atoms with E-state index in [1.54, 1.807) is 0 Å². The predicted molar refractivity (Wildman–Crippen MR) is 101 cm³/mol. The summed E-state index contributed by atoms with van der Waals surface area (Å²) in [6.07, 6.45) is 7.89. The van der Waals surface area contributed by atoms with Gasteiger partial charge in [0, 0.05) is 25.7 Å². The third kappa shape index (κ3) is 5.29. The minimum atomic E-state index is -0.473. The Kier molecular flexibility index (Phi) is 6.13. The van der Waals surface area contributed by atoms with E-state index in [2.05, 4.69) is 23.2 Å². The summed E-state index contributed by atoms with van der Waals surface area (Å²) in [5.41, 5.74) is 1.81. The van der Waals surface area contributed by atoms with Gasteiger partial charge in [0.05, 0.1) is 12.0 Å². The van der Waals surface area contributed by atoms with Crippen molar-refractivity contribution in [3.05, 3.63) is 35.4 Å². The van der Waals surface area contributed by atoms with E-state index >= 15 is 0 Å². The van der Waals surface area contributed by atoms with Crippen LogP contribution in [0.3, 0.4) is 0 Å². The van der Waals surface area contributed by atoms with Crippen LogP contribution in [-0.2, 0) is 11.2 Å². The Labute approximate surface area is 151 Å². The van der Waals surface area contributed by atoms with Gasteiger partial charge in [-0.2, -0.15) is 0 Å². The molecule has 1 saturated heterocycles. The highest BCUT2D eigenvalue weighted by molar-refractivity contribution is 5.79. The summed E-state index contributed by atoms with van der Waals surface area (Å²) in [6.45, 7) is 4.79. The average molecular weight is 344 g/mol. The number of piperidine rings is 1. The van der Waals surface area contributed by atoms with Crippen molar-refractivity contribution in [2.45, 2.75) is 69.9 Å². The summed E-state index contributed by atoms with van der Waals surface area (Å²) >= 11 is 0. The zero-order chi connectivity index (χ0) is 17.7. The van der Waals surface area contributed by atoms with Gasteiger partial charge in [0.15, 0.2) is 0 Å². The Morgan fingerprint density at radius 2 is 1.88 bits per heavy atom. The minimum Gasteiger partial charge on any atom is -0.389 e. The molecule has 1 amide bonds. The lowest BCUT2D eigenvalue weighted by Gasteiger charge is -2.40. The lowest BCUT2D eigenvalue weighted by Crippen LogP contribution is -2.50.